The lowest BCUT2D eigenvalue weighted by Gasteiger charge is -2.46. The van der Waals surface area contributed by atoms with Gasteiger partial charge < -0.3 is 20.3 Å². The SMILES string of the molecule is CCC(CC)(CNC1CN2CCC1CC2)NC(=O)OC(C)(C)C. The molecule has 3 fully saturated rings. The molecule has 1 atom stereocenters. The van der Waals surface area contributed by atoms with E-state index in [4.69, 9.17) is 4.74 Å². The Kier molecular flexibility index (Phi) is 5.95. The molecule has 0 aromatic carbocycles. The van der Waals surface area contributed by atoms with Crippen molar-refractivity contribution in [3.05, 3.63) is 0 Å². The van der Waals surface area contributed by atoms with Crippen molar-refractivity contribution >= 4 is 6.09 Å². The Morgan fingerprint density at radius 2 is 1.78 bits per heavy atom. The number of nitrogens with zero attached hydrogens (tertiary/aromatic N) is 1. The van der Waals surface area contributed by atoms with E-state index in [-0.39, 0.29) is 11.6 Å². The van der Waals surface area contributed by atoms with Crippen LogP contribution in [0.5, 0.6) is 0 Å². The Bertz CT molecular complexity index is 394. The molecule has 3 heterocycles. The van der Waals surface area contributed by atoms with Gasteiger partial charge in [0, 0.05) is 19.1 Å². The first-order chi connectivity index (χ1) is 10.8. The van der Waals surface area contributed by atoms with E-state index in [0.29, 0.717) is 6.04 Å². The van der Waals surface area contributed by atoms with Crippen LogP contribution in [-0.2, 0) is 4.74 Å². The van der Waals surface area contributed by atoms with Crippen LogP contribution in [-0.4, -0.2) is 54.4 Å². The summed E-state index contributed by atoms with van der Waals surface area (Å²) in [5.74, 6) is 0.799. The van der Waals surface area contributed by atoms with E-state index in [1.165, 1.54) is 25.9 Å². The lowest BCUT2D eigenvalue weighted by molar-refractivity contribution is 0.0415. The third-order valence-electron chi connectivity index (χ3n) is 5.48. The van der Waals surface area contributed by atoms with E-state index in [0.717, 1.165) is 31.8 Å². The maximum atomic E-state index is 12.2. The van der Waals surface area contributed by atoms with Crippen LogP contribution in [0.1, 0.15) is 60.3 Å². The van der Waals surface area contributed by atoms with Crippen molar-refractivity contribution in [3.8, 4) is 0 Å². The number of piperidine rings is 3. The topological polar surface area (TPSA) is 53.6 Å². The van der Waals surface area contributed by atoms with Gasteiger partial charge in [0.1, 0.15) is 5.60 Å². The molecule has 0 aromatic heterocycles. The lowest BCUT2D eigenvalue weighted by atomic mass is 9.83. The highest BCUT2D eigenvalue weighted by molar-refractivity contribution is 5.68. The summed E-state index contributed by atoms with van der Waals surface area (Å²) >= 11 is 0. The molecule has 0 saturated carbocycles. The molecular formula is C18H35N3O2. The zero-order chi connectivity index (χ0) is 17.1. The van der Waals surface area contributed by atoms with E-state index in [9.17, 15) is 4.79 Å². The number of carbonyl (C=O) groups excluding carboxylic acids is 1. The molecule has 2 N–H and O–H groups in total. The Morgan fingerprint density at radius 3 is 2.22 bits per heavy atom. The highest BCUT2D eigenvalue weighted by Crippen LogP contribution is 2.28. The number of ether oxygens (including phenoxy) is 1. The lowest BCUT2D eigenvalue weighted by Crippen LogP contribution is -2.61. The molecule has 3 aliphatic rings. The Balaban J connectivity index is 1.90. The van der Waals surface area contributed by atoms with Crippen LogP contribution in [0.3, 0.4) is 0 Å². The fraction of sp³-hybridized carbons (Fsp3) is 0.944. The zero-order valence-electron chi connectivity index (χ0n) is 15.6. The van der Waals surface area contributed by atoms with Gasteiger partial charge in [0.2, 0.25) is 0 Å². The van der Waals surface area contributed by atoms with Crippen molar-refractivity contribution in [1.29, 1.82) is 0 Å². The van der Waals surface area contributed by atoms with E-state index in [1.54, 1.807) is 0 Å². The number of amides is 1. The normalized spacial score (nSPS) is 27.8. The molecule has 5 nitrogen and oxygen atoms in total. The van der Waals surface area contributed by atoms with Crippen molar-refractivity contribution < 1.29 is 9.53 Å². The van der Waals surface area contributed by atoms with Gasteiger partial charge in [0.15, 0.2) is 0 Å². The number of fused-ring (bicyclic) bond motifs is 3. The van der Waals surface area contributed by atoms with E-state index in [1.807, 2.05) is 20.8 Å². The Morgan fingerprint density at radius 1 is 1.17 bits per heavy atom. The van der Waals surface area contributed by atoms with E-state index >= 15 is 0 Å². The molecule has 134 valence electrons. The van der Waals surface area contributed by atoms with Crippen LogP contribution in [0.25, 0.3) is 0 Å². The first-order valence-electron chi connectivity index (χ1n) is 9.24. The van der Waals surface area contributed by atoms with Crippen LogP contribution >= 0.6 is 0 Å². The van der Waals surface area contributed by atoms with E-state index in [2.05, 4.69) is 29.4 Å². The van der Waals surface area contributed by atoms with Gasteiger partial charge in [-0.2, -0.15) is 0 Å². The highest BCUT2D eigenvalue weighted by Gasteiger charge is 2.36. The first kappa shape index (κ1) is 18.5. The van der Waals surface area contributed by atoms with Crippen molar-refractivity contribution in [1.82, 2.24) is 15.5 Å². The standard InChI is InChI=1S/C18H35N3O2/c1-6-18(7-2,20-16(22)23-17(3,4)5)13-19-15-12-21-10-8-14(15)9-11-21/h14-15,19H,6-13H2,1-5H3,(H,20,22). The van der Waals surface area contributed by atoms with Crippen LogP contribution in [0.4, 0.5) is 4.79 Å². The van der Waals surface area contributed by atoms with Crippen LogP contribution in [0.15, 0.2) is 0 Å². The summed E-state index contributed by atoms with van der Waals surface area (Å²) in [6.45, 7) is 14.5. The molecule has 23 heavy (non-hydrogen) atoms. The third-order valence-corrected chi connectivity index (χ3v) is 5.48. The summed E-state index contributed by atoms with van der Waals surface area (Å²) in [5.41, 5.74) is -0.686. The maximum absolute atomic E-state index is 12.2. The third kappa shape index (κ3) is 5.08. The van der Waals surface area contributed by atoms with Gasteiger partial charge in [-0.3, -0.25) is 0 Å². The summed E-state index contributed by atoms with van der Waals surface area (Å²) in [4.78, 5) is 14.8. The number of alkyl carbamates (subject to hydrolysis) is 1. The molecule has 3 rings (SSSR count). The van der Waals surface area contributed by atoms with Crippen LogP contribution in [0.2, 0.25) is 0 Å². The Labute approximate surface area is 141 Å². The zero-order valence-corrected chi connectivity index (χ0v) is 15.6. The smallest absolute Gasteiger partial charge is 0.408 e. The average molecular weight is 325 g/mol. The van der Waals surface area contributed by atoms with Gasteiger partial charge >= 0.3 is 6.09 Å². The number of nitrogens with one attached hydrogen (secondary N) is 2. The number of hydrogen-bond acceptors (Lipinski definition) is 4. The Hall–Kier alpha value is -0.810. The molecule has 1 unspecified atom stereocenters. The monoisotopic (exact) mass is 325 g/mol. The molecule has 5 heteroatoms. The minimum absolute atomic E-state index is 0.228. The number of carbonyl (C=O) groups is 1. The van der Waals surface area contributed by atoms with E-state index < -0.39 is 5.60 Å². The highest BCUT2D eigenvalue weighted by atomic mass is 16.6. The fourth-order valence-corrected chi connectivity index (χ4v) is 3.76. The molecule has 1 amide bonds. The van der Waals surface area contributed by atoms with Gasteiger partial charge in [0.05, 0.1) is 5.54 Å². The van der Waals surface area contributed by atoms with Gasteiger partial charge in [-0.1, -0.05) is 13.8 Å². The second kappa shape index (κ2) is 7.39. The molecular weight excluding hydrogens is 290 g/mol. The van der Waals surface area contributed by atoms with Crippen molar-refractivity contribution in [2.75, 3.05) is 26.2 Å². The average Bonchev–Trinajstić information content (AvgIpc) is 2.51. The summed E-state index contributed by atoms with van der Waals surface area (Å²) in [5, 5.41) is 6.88. The molecule has 0 radical (unpaired) electrons. The van der Waals surface area contributed by atoms with Crippen molar-refractivity contribution in [3.63, 3.8) is 0 Å². The molecule has 0 aliphatic carbocycles. The summed E-state index contributed by atoms with van der Waals surface area (Å²) in [6, 6.07) is 0.565. The fourth-order valence-electron chi connectivity index (χ4n) is 3.76. The van der Waals surface area contributed by atoms with Crippen LogP contribution < -0.4 is 10.6 Å². The van der Waals surface area contributed by atoms with Crippen LogP contribution in [0, 0.1) is 5.92 Å². The van der Waals surface area contributed by atoms with Gasteiger partial charge in [0.25, 0.3) is 0 Å². The van der Waals surface area contributed by atoms with Gasteiger partial charge in [-0.25, -0.2) is 4.79 Å². The summed E-state index contributed by atoms with van der Waals surface area (Å²) in [7, 11) is 0. The number of rotatable bonds is 6. The predicted molar refractivity (Wildman–Crippen MR) is 93.6 cm³/mol. The van der Waals surface area contributed by atoms with Gasteiger partial charge in [-0.15, -0.1) is 0 Å². The molecule has 2 bridgehead atoms. The minimum Gasteiger partial charge on any atom is -0.444 e. The molecule has 3 saturated heterocycles. The summed E-state index contributed by atoms with van der Waals surface area (Å²) < 4.78 is 5.45. The van der Waals surface area contributed by atoms with Gasteiger partial charge in [-0.05, 0) is 65.5 Å². The largest absolute Gasteiger partial charge is 0.444 e. The quantitative estimate of drug-likeness (QED) is 0.788. The predicted octanol–water partition coefficient (Wildman–Crippen LogP) is 2.75. The molecule has 0 aromatic rings. The minimum atomic E-state index is -0.458. The second-order valence-electron chi connectivity index (χ2n) is 8.24. The first-order valence-corrected chi connectivity index (χ1v) is 9.24. The molecule has 0 spiro atoms. The second-order valence-corrected chi connectivity index (χ2v) is 8.24. The number of hydrogen-bond donors (Lipinski definition) is 2. The van der Waals surface area contributed by atoms with Crippen molar-refractivity contribution in [2.45, 2.75) is 77.5 Å². The van der Waals surface area contributed by atoms with Crippen molar-refractivity contribution in [2.24, 2.45) is 5.92 Å². The summed E-state index contributed by atoms with van der Waals surface area (Å²) in [6.07, 6.45) is 4.11. The molecule has 3 aliphatic heterocycles. The maximum Gasteiger partial charge on any atom is 0.408 e.